The van der Waals surface area contributed by atoms with Crippen molar-refractivity contribution in [3.8, 4) is 5.75 Å². The monoisotopic (exact) mass is 431 g/mol. The Morgan fingerprint density at radius 3 is 2.63 bits per heavy atom. The number of carbonyl (C=O) groups excluding carboxylic acids is 2. The van der Waals surface area contributed by atoms with Gasteiger partial charge in [-0.2, -0.15) is 5.10 Å². The minimum Gasteiger partial charge on any atom is -0.507 e. The van der Waals surface area contributed by atoms with Crippen LogP contribution >= 0.6 is 15.9 Å². The molecule has 0 aliphatic carbocycles. The fourth-order valence-electron chi connectivity index (χ4n) is 2.34. The smallest absolute Gasteiger partial charge is 0.251 e. The SMILES string of the molecule is O=C(CCCCCNC(=O)c1ccccc1)N/N=C/c1cc(Br)ccc1O. The molecule has 2 rings (SSSR count). The molecule has 142 valence electrons. The highest BCUT2D eigenvalue weighted by molar-refractivity contribution is 9.10. The van der Waals surface area contributed by atoms with Gasteiger partial charge in [0.25, 0.3) is 5.91 Å². The number of nitrogens with one attached hydrogen (secondary N) is 2. The van der Waals surface area contributed by atoms with Crippen molar-refractivity contribution in [1.29, 1.82) is 0 Å². The van der Waals surface area contributed by atoms with E-state index in [4.69, 9.17) is 0 Å². The summed E-state index contributed by atoms with van der Waals surface area (Å²) in [5.41, 5.74) is 3.60. The largest absolute Gasteiger partial charge is 0.507 e. The van der Waals surface area contributed by atoms with Gasteiger partial charge in [0.05, 0.1) is 6.21 Å². The second kappa shape index (κ2) is 11.1. The second-order valence-corrected chi connectivity index (χ2v) is 6.84. The summed E-state index contributed by atoms with van der Waals surface area (Å²) in [7, 11) is 0. The Labute approximate surface area is 166 Å². The van der Waals surface area contributed by atoms with Gasteiger partial charge in [0, 0.05) is 28.6 Å². The number of amides is 2. The molecule has 0 spiro atoms. The predicted octanol–water partition coefficient (Wildman–Crippen LogP) is 3.60. The van der Waals surface area contributed by atoms with Gasteiger partial charge in [0.15, 0.2) is 0 Å². The number of carbonyl (C=O) groups is 2. The van der Waals surface area contributed by atoms with Crippen molar-refractivity contribution in [1.82, 2.24) is 10.7 Å². The van der Waals surface area contributed by atoms with Crippen molar-refractivity contribution in [3.63, 3.8) is 0 Å². The van der Waals surface area contributed by atoms with Gasteiger partial charge in [-0.1, -0.05) is 40.5 Å². The van der Waals surface area contributed by atoms with Gasteiger partial charge >= 0.3 is 0 Å². The molecule has 2 aromatic carbocycles. The Kier molecular flexibility index (Phi) is 8.51. The topological polar surface area (TPSA) is 90.8 Å². The number of unbranched alkanes of at least 4 members (excludes halogenated alkanes) is 2. The molecule has 2 aromatic rings. The standard InChI is InChI=1S/C20H22BrN3O3/c21-17-10-11-18(25)16(13-17)14-23-24-19(26)9-5-2-6-12-22-20(27)15-7-3-1-4-8-15/h1,3-4,7-8,10-11,13-14,25H,2,5-6,9,12H2,(H,22,27)(H,24,26)/b23-14+. The zero-order valence-corrected chi connectivity index (χ0v) is 16.4. The lowest BCUT2D eigenvalue weighted by Crippen LogP contribution is -2.24. The van der Waals surface area contributed by atoms with Crippen LogP contribution in [0, 0.1) is 0 Å². The Hall–Kier alpha value is -2.67. The van der Waals surface area contributed by atoms with Crippen LogP contribution in [0.3, 0.4) is 0 Å². The highest BCUT2D eigenvalue weighted by Gasteiger charge is 2.04. The molecule has 0 fully saturated rings. The average molecular weight is 432 g/mol. The summed E-state index contributed by atoms with van der Waals surface area (Å²) in [5, 5.41) is 16.4. The summed E-state index contributed by atoms with van der Waals surface area (Å²) in [6.45, 7) is 0.579. The summed E-state index contributed by atoms with van der Waals surface area (Å²) in [5.74, 6) is -0.179. The first-order valence-electron chi connectivity index (χ1n) is 8.70. The van der Waals surface area contributed by atoms with Gasteiger partial charge in [0.2, 0.25) is 5.91 Å². The van der Waals surface area contributed by atoms with Crippen LogP contribution in [0.25, 0.3) is 0 Å². The molecule has 27 heavy (non-hydrogen) atoms. The number of hydrogen-bond acceptors (Lipinski definition) is 4. The Balaban J connectivity index is 1.57. The van der Waals surface area contributed by atoms with Crippen LogP contribution in [-0.4, -0.2) is 29.7 Å². The van der Waals surface area contributed by atoms with Gasteiger partial charge < -0.3 is 10.4 Å². The minimum atomic E-state index is -0.186. The molecular formula is C20H22BrN3O3. The molecule has 3 N–H and O–H groups in total. The van der Waals surface area contributed by atoms with E-state index in [-0.39, 0.29) is 17.6 Å². The highest BCUT2D eigenvalue weighted by atomic mass is 79.9. The second-order valence-electron chi connectivity index (χ2n) is 5.93. The third-order valence-corrected chi connectivity index (χ3v) is 4.28. The normalized spacial score (nSPS) is 10.7. The van der Waals surface area contributed by atoms with Gasteiger partial charge in [-0.05, 0) is 43.2 Å². The van der Waals surface area contributed by atoms with Crippen molar-refractivity contribution in [2.24, 2.45) is 5.10 Å². The summed E-state index contributed by atoms with van der Waals surface area (Å²) < 4.78 is 0.812. The van der Waals surface area contributed by atoms with Crippen molar-refractivity contribution in [2.75, 3.05) is 6.54 Å². The lowest BCUT2D eigenvalue weighted by molar-refractivity contribution is -0.121. The van der Waals surface area contributed by atoms with Gasteiger partial charge in [0.1, 0.15) is 5.75 Å². The minimum absolute atomic E-state index is 0.0847. The molecule has 0 aliphatic rings. The maximum absolute atomic E-state index is 11.9. The number of phenols is 1. The summed E-state index contributed by atoms with van der Waals surface area (Å²) in [6, 6.07) is 14.0. The maximum atomic E-state index is 11.9. The Bertz CT molecular complexity index is 794. The van der Waals surface area contributed by atoms with E-state index in [0.717, 1.165) is 17.3 Å². The molecule has 0 heterocycles. The highest BCUT2D eigenvalue weighted by Crippen LogP contribution is 2.19. The molecule has 0 saturated heterocycles. The van der Waals surface area contributed by atoms with Crippen LogP contribution in [0.2, 0.25) is 0 Å². The summed E-state index contributed by atoms with van der Waals surface area (Å²) in [6.07, 6.45) is 4.11. The number of halogens is 1. The van der Waals surface area contributed by atoms with Crippen molar-refractivity contribution in [3.05, 3.63) is 64.1 Å². The zero-order chi connectivity index (χ0) is 19.5. The molecule has 7 heteroatoms. The molecular weight excluding hydrogens is 410 g/mol. The average Bonchev–Trinajstić information content (AvgIpc) is 2.67. The Morgan fingerprint density at radius 1 is 1.07 bits per heavy atom. The molecule has 2 amide bonds. The van der Waals surface area contributed by atoms with Gasteiger partial charge in [-0.3, -0.25) is 9.59 Å². The fraction of sp³-hybridized carbons (Fsp3) is 0.250. The lowest BCUT2D eigenvalue weighted by atomic mass is 10.2. The molecule has 0 aliphatic heterocycles. The maximum Gasteiger partial charge on any atom is 0.251 e. The van der Waals surface area contributed by atoms with E-state index >= 15 is 0 Å². The first kappa shape index (κ1) is 20.6. The van der Waals surface area contributed by atoms with E-state index < -0.39 is 0 Å². The van der Waals surface area contributed by atoms with E-state index in [1.807, 2.05) is 18.2 Å². The predicted molar refractivity (Wildman–Crippen MR) is 109 cm³/mol. The van der Waals surface area contributed by atoms with E-state index in [1.165, 1.54) is 6.21 Å². The van der Waals surface area contributed by atoms with Crippen LogP contribution < -0.4 is 10.7 Å². The van der Waals surface area contributed by atoms with Crippen LogP contribution in [0.4, 0.5) is 0 Å². The Morgan fingerprint density at radius 2 is 1.85 bits per heavy atom. The van der Waals surface area contributed by atoms with Crippen LogP contribution in [0.15, 0.2) is 58.1 Å². The number of hydrazone groups is 1. The number of aromatic hydroxyl groups is 1. The molecule has 0 saturated carbocycles. The van der Waals surface area contributed by atoms with Gasteiger partial charge in [-0.15, -0.1) is 0 Å². The van der Waals surface area contributed by atoms with Gasteiger partial charge in [-0.25, -0.2) is 5.43 Å². The van der Waals surface area contributed by atoms with Crippen molar-refractivity contribution in [2.45, 2.75) is 25.7 Å². The summed E-state index contributed by atoms with van der Waals surface area (Å²) >= 11 is 3.31. The molecule has 0 radical (unpaired) electrons. The molecule has 0 atom stereocenters. The fourth-order valence-corrected chi connectivity index (χ4v) is 2.72. The van der Waals surface area contributed by atoms with E-state index in [9.17, 15) is 14.7 Å². The third-order valence-electron chi connectivity index (χ3n) is 3.78. The van der Waals surface area contributed by atoms with Crippen molar-refractivity contribution >= 4 is 34.0 Å². The first-order chi connectivity index (χ1) is 13.1. The number of rotatable bonds is 9. The number of phenolic OH excluding ortho intramolecular Hbond substituents is 1. The third kappa shape index (κ3) is 7.62. The van der Waals surface area contributed by atoms with Crippen LogP contribution in [-0.2, 0) is 4.79 Å². The number of nitrogens with zero attached hydrogens (tertiary/aromatic N) is 1. The van der Waals surface area contributed by atoms with E-state index in [1.54, 1.807) is 30.3 Å². The van der Waals surface area contributed by atoms with Crippen LogP contribution in [0.1, 0.15) is 41.6 Å². The molecule has 6 nitrogen and oxygen atoms in total. The first-order valence-corrected chi connectivity index (χ1v) is 9.49. The van der Waals surface area contributed by atoms with E-state index in [2.05, 4.69) is 31.8 Å². The number of hydrogen-bond donors (Lipinski definition) is 3. The lowest BCUT2D eigenvalue weighted by Gasteiger charge is -2.05. The molecule has 0 aromatic heterocycles. The number of benzene rings is 2. The van der Waals surface area contributed by atoms with E-state index in [0.29, 0.717) is 30.5 Å². The summed E-state index contributed by atoms with van der Waals surface area (Å²) in [4.78, 5) is 23.6. The molecule has 0 unspecified atom stereocenters. The molecule has 0 bridgehead atoms. The quantitative estimate of drug-likeness (QED) is 0.321. The zero-order valence-electron chi connectivity index (χ0n) is 14.8. The van der Waals surface area contributed by atoms with Crippen molar-refractivity contribution < 1.29 is 14.7 Å². The van der Waals surface area contributed by atoms with Crippen LogP contribution in [0.5, 0.6) is 5.75 Å².